The summed E-state index contributed by atoms with van der Waals surface area (Å²) < 4.78 is 5.20. The maximum absolute atomic E-state index is 12.6. The summed E-state index contributed by atoms with van der Waals surface area (Å²) in [4.78, 5) is 17.7. The number of ether oxygens (including phenoxy) is 1. The van der Waals surface area contributed by atoms with Gasteiger partial charge in [0, 0.05) is 5.69 Å². The number of carbonyl (C=O) groups excluding carboxylic acids is 1. The van der Waals surface area contributed by atoms with Crippen LogP contribution in [-0.2, 0) is 0 Å². The zero-order valence-corrected chi connectivity index (χ0v) is 15.8. The number of anilines is 2. The molecule has 0 saturated carbocycles. The normalized spacial score (nSPS) is 10.9. The number of thiazole rings is 1. The Balaban J connectivity index is 1.76. The van der Waals surface area contributed by atoms with E-state index in [9.17, 15) is 4.79 Å². The van der Waals surface area contributed by atoms with Crippen LogP contribution in [-0.4, -0.2) is 17.9 Å². The van der Waals surface area contributed by atoms with Gasteiger partial charge in [0.2, 0.25) is 0 Å². The average Bonchev–Trinajstić information content (AvgIpc) is 3.02. The first-order valence-electron chi connectivity index (χ1n) is 8.23. The van der Waals surface area contributed by atoms with Crippen molar-refractivity contribution >= 4 is 34.0 Å². The fraction of sp³-hybridized carbons (Fsp3) is 0.143. The lowest BCUT2D eigenvalue weighted by Crippen LogP contribution is -1.93. The monoisotopic (exact) mass is 364 g/mol. The number of carbonyl (C=O) groups is 1. The van der Waals surface area contributed by atoms with Crippen molar-refractivity contribution < 1.29 is 9.53 Å². The minimum absolute atomic E-state index is 0.0550. The van der Waals surface area contributed by atoms with Crippen LogP contribution < -0.4 is 10.1 Å². The van der Waals surface area contributed by atoms with Crippen molar-refractivity contribution in [3.05, 3.63) is 76.3 Å². The Bertz CT molecular complexity index is 960. The molecule has 0 atom stereocenters. The number of nitrogens with zero attached hydrogens (tertiary/aromatic N) is 1. The van der Waals surface area contributed by atoms with Crippen molar-refractivity contribution in [1.29, 1.82) is 0 Å². The molecule has 5 heteroatoms. The summed E-state index contributed by atoms with van der Waals surface area (Å²) in [7, 11) is 1.62. The number of rotatable bonds is 6. The lowest BCUT2D eigenvalue weighted by molar-refractivity contribution is 0.105. The molecule has 0 aliphatic heterocycles. The molecule has 4 nitrogen and oxygen atoms in total. The average molecular weight is 364 g/mol. The standard InChI is InChI=1S/C21H20N2O2S/c1-14-7-4-5-10-18(14)23-21-22-15(2)20(26-21)19(24)12-11-16-8-6-9-17(13-16)25-3/h4-13H,1-3H3,(H,22,23)/b12-11+. The number of benzene rings is 2. The fourth-order valence-electron chi connectivity index (χ4n) is 2.50. The first-order chi connectivity index (χ1) is 12.6. The van der Waals surface area contributed by atoms with Gasteiger partial charge in [-0.1, -0.05) is 47.7 Å². The van der Waals surface area contributed by atoms with E-state index in [1.54, 1.807) is 19.3 Å². The molecule has 26 heavy (non-hydrogen) atoms. The topological polar surface area (TPSA) is 51.2 Å². The van der Waals surface area contributed by atoms with Crippen molar-refractivity contribution in [2.45, 2.75) is 13.8 Å². The number of hydrogen-bond acceptors (Lipinski definition) is 5. The smallest absolute Gasteiger partial charge is 0.197 e. The molecule has 0 aliphatic carbocycles. The van der Waals surface area contributed by atoms with Crippen LogP contribution in [0.1, 0.15) is 26.5 Å². The van der Waals surface area contributed by atoms with Gasteiger partial charge in [0.05, 0.1) is 17.7 Å². The minimum atomic E-state index is -0.0550. The van der Waals surface area contributed by atoms with Crippen LogP contribution >= 0.6 is 11.3 Å². The molecule has 0 amide bonds. The molecule has 0 unspecified atom stereocenters. The third-order valence-electron chi connectivity index (χ3n) is 3.93. The van der Waals surface area contributed by atoms with E-state index in [1.165, 1.54) is 11.3 Å². The van der Waals surface area contributed by atoms with Crippen molar-refractivity contribution in [3.8, 4) is 5.75 Å². The van der Waals surface area contributed by atoms with E-state index < -0.39 is 0 Å². The Morgan fingerprint density at radius 2 is 1.96 bits per heavy atom. The summed E-state index contributed by atoms with van der Waals surface area (Å²) in [6.07, 6.45) is 3.37. The fourth-order valence-corrected chi connectivity index (χ4v) is 3.40. The van der Waals surface area contributed by atoms with E-state index in [0.29, 0.717) is 4.88 Å². The van der Waals surface area contributed by atoms with Gasteiger partial charge in [-0.25, -0.2) is 4.98 Å². The molecule has 1 heterocycles. The molecule has 3 aromatic rings. The first kappa shape index (κ1) is 17.9. The Labute approximate surface area is 157 Å². The van der Waals surface area contributed by atoms with Crippen LogP contribution in [0.4, 0.5) is 10.8 Å². The molecule has 0 radical (unpaired) electrons. The molecule has 0 aliphatic rings. The van der Waals surface area contributed by atoms with Gasteiger partial charge in [0.1, 0.15) is 5.75 Å². The molecule has 0 fully saturated rings. The van der Waals surface area contributed by atoms with Crippen LogP contribution in [0.3, 0.4) is 0 Å². The molecule has 1 N–H and O–H groups in total. The number of para-hydroxylation sites is 1. The first-order valence-corrected chi connectivity index (χ1v) is 9.05. The van der Waals surface area contributed by atoms with Crippen molar-refractivity contribution in [2.24, 2.45) is 0 Å². The summed E-state index contributed by atoms with van der Waals surface area (Å²) in [5.74, 6) is 0.707. The quantitative estimate of drug-likeness (QED) is 0.469. The van der Waals surface area contributed by atoms with Crippen LogP contribution in [0.15, 0.2) is 54.6 Å². The lowest BCUT2D eigenvalue weighted by atomic mass is 10.1. The van der Waals surface area contributed by atoms with Crippen LogP contribution in [0.2, 0.25) is 0 Å². The third-order valence-corrected chi connectivity index (χ3v) is 5.02. The van der Waals surface area contributed by atoms with Gasteiger partial charge < -0.3 is 10.1 Å². The maximum Gasteiger partial charge on any atom is 0.197 e. The number of aromatic nitrogens is 1. The predicted octanol–water partition coefficient (Wildman–Crippen LogP) is 5.41. The van der Waals surface area contributed by atoms with E-state index in [4.69, 9.17) is 4.74 Å². The SMILES string of the molecule is COc1cccc(/C=C/C(=O)c2sc(Nc3ccccc3C)nc2C)c1. The zero-order valence-electron chi connectivity index (χ0n) is 14.9. The molecule has 3 rings (SSSR count). The summed E-state index contributed by atoms with van der Waals surface area (Å²) in [5.41, 5.74) is 3.77. The summed E-state index contributed by atoms with van der Waals surface area (Å²) >= 11 is 1.37. The second-order valence-electron chi connectivity index (χ2n) is 5.85. The highest BCUT2D eigenvalue weighted by Crippen LogP contribution is 2.28. The van der Waals surface area contributed by atoms with Crippen molar-refractivity contribution in [2.75, 3.05) is 12.4 Å². The molecule has 0 spiro atoms. The summed E-state index contributed by atoms with van der Waals surface area (Å²) in [6.45, 7) is 3.89. The van der Waals surface area contributed by atoms with Crippen LogP contribution in [0, 0.1) is 13.8 Å². The number of methoxy groups -OCH3 is 1. The van der Waals surface area contributed by atoms with Gasteiger partial charge in [0.25, 0.3) is 0 Å². The number of aryl methyl sites for hydroxylation is 2. The molecule has 2 aromatic carbocycles. The molecular weight excluding hydrogens is 344 g/mol. The number of ketones is 1. The molecule has 0 saturated heterocycles. The second kappa shape index (κ2) is 7.97. The van der Waals surface area contributed by atoms with Crippen LogP contribution in [0.25, 0.3) is 6.08 Å². The third kappa shape index (κ3) is 4.18. The Hall–Kier alpha value is -2.92. The van der Waals surface area contributed by atoms with E-state index in [-0.39, 0.29) is 5.78 Å². The Morgan fingerprint density at radius 3 is 2.73 bits per heavy atom. The van der Waals surface area contributed by atoms with Crippen molar-refractivity contribution in [1.82, 2.24) is 4.98 Å². The zero-order chi connectivity index (χ0) is 18.5. The summed E-state index contributed by atoms with van der Waals surface area (Å²) in [5, 5.41) is 4.01. The molecule has 1 aromatic heterocycles. The van der Waals surface area contributed by atoms with E-state index in [1.807, 2.05) is 62.4 Å². The molecular formula is C21H20N2O2S. The Morgan fingerprint density at radius 1 is 1.15 bits per heavy atom. The van der Waals surface area contributed by atoms with E-state index in [2.05, 4.69) is 10.3 Å². The van der Waals surface area contributed by atoms with Crippen LogP contribution in [0.5, 0.6) is 5.75 Å². The van der Waals surface area contributed by atoms with Gasteiger partial charge in [-0.3, -0.25) is 4.79 Å². The van der Waals surface area contributed by atoms with E-state index >= 15 is 0 Å². The van der Waals surface area contributed by atoms with Gasteiger partial charge in [0.15, 0.2) is 10.9 Å². The number of nitrogens with one attached hydrogen (secondary N) is 1. The largest absolute Gasteiger partial charge is 0.497 e. The highest BCUT2D eigenvalue weighted by atomic mass is 32.1. The van der Waals surface area contributed by atoms with Gasteiger partial charge in [-0.15, -0.1) is 0 Å². The van der Waals surface area contributed by atoms with Gasteiger partial charge in [-0.2, -0.15) is 0 Å². The molecule has 0 bridgehead atoms. The second-order valence-corrected chi connectivity index (χ2v) is 6.85. The van der Waals surface area contributed by atoms with Crippen molar-refractivity contribution in [3.63, 3.8) is 0 Å². The lowest BCUT2D eigenvalue weighted by Gasteiger charge is -2.05. The minimum Gasteiger partial charge on any atom is -0.497 e. The highest BCUT2D eigenvalue weighted by molar-refractivity contribution is 7.17. The Kier molecular flexibility index (Phi) is 5.49. The number of allylic oxidation sites excluding steroid dienone is 1. The predicted molar refractivity (Wildman–Crippen MR) is 108 cm³/mol. The number of hydrogen-bond donors (Lipinski definition) is 1. The maximum atomic E-state index is 12.6. The molecule has 132 valence electrons. The van der Waals surface area contributed by atoms with Gasteiger partial charge >= 0.3 is 0 Å². The summed E-state index contributed by atoms with van der Waals surface area (Å²) in [6, 6.07) is 15.6. The van der Waals surface area contributed by atoms with Gasteiger partial charge in [-0.05, 0) is 49.2 Å². The van der Waals surface area contributed by atoms with E-state index in [0.717, 1.165) is 33.4 Å². The highest BCUT2D eigenvalue weighted by Gasteiger charge is 2.13.